The standard InChI is InChI=1S/C30H34N2O5/c1-6-16-15-32-21-13-18(16)25-22(32)14-30(19-9-7-8-10-20(19)31(2)27(21)30)28(25)37-29(33)17-11-23(34-3)26(36-5)24(12-17)35-4/h6-12,18,21-22,25,27-28H,13-15H2,1-5H3/t18-,21-,22-,25?,27-,28+,30+/m0/s1. The fourth-order valence-electron chi connectivity index (χ4n) is 8.89. The highest BCUT2D eigenvalue weighted by atomic mass is 16.5. The lowest BCUT2D eigenvalue weighted by molar-refractivity contribution is -0.0390. The maximum absolute atomic E-state index is 13.9. The lowest BCUT2D eigenvalue weighted by Crippen LogP contribution is -2.68. The maximum atomic E-state index is 13.9. The van der Waals surface area contributed by atoms with Crippen molar-refractivity contribution in [2.45, 2.75) is 49.4 Å². The molecule has 4 saturated heterocycles. The number of allylic oxidation sites excluding steroid dienone is 1. The number of hydrogen-bond donors (Lipinski definition) is 0. The minimum atomic E-state index is -0.340. The molecular formula is C30H34N2O5. The molecule has 0 radical (unpaired) electrons. The number of hydrogen-bond acceptors (Lipinski definition) is 7. The number of ether oxygens (including phenoxy) is 4. The van der Waals surface area contributed by atoms with Crippen molar-refractivity contribution in [2.24, 2.45) is 11.8 Å². The zero-order valence-electron chi connectivity index (χ0n) is 22.1. The third-order valence-corrected chi connectivity index (χ3v) is 10.1. The van der Waals surface area contributed by atoms with Gasteiger partial charge in [0.15, 0.2) is 11.5 Å². The second kappa shape index (κ2) is 7.90. The number of likely N-dealkylation sites (N-methyl/N-ethyl adjacent to an activating group) is 1. The number of anilines is 1. The van der Waals surface area contributed by atoms with Gasteiger partial charge in [0.05, 0.1) is 38.3 Å². The van der Waals surface area contributed by atoms with E-state index < -0.39 is 0 Å². The molecule has 1 saturated carbocycles. The zero-order chi connectivity index (χ0) is 25.6. The van der Waals surface area contributed by atoms with Crippen molar-refractivity contribution >= 4 is 11.7 Å². The van der Waals surface area contributed by atoms with E-state index in [9.17, 15) is 4.79 Å². The monoisotopic (exact) mass is 502 g/mol. The summed E-state index contributed by atoms with van der Waals surface area (Å²) < 4.78 is 23.2. The van der Waals surface area contributed by atoms with Crippen molar-refractivity contribution in [1.82, 2.24) is 4.90 Å². The number of fused-ring (bicyclic) bond motifs is 2. The Morgan fingerprint density at radius 3 is 2.46 bits per heavy atom. The quantitative estimate of drug-likeness (QED) is 0.452. The van der Waals surface area contributed by atoms with Gasteiger partial charge in [0.25, 0.3) is 0 Å². The van der Waals surface area contributed by atoms with E-state index in [0.29, 0.717) is 40.8 Å². The van der Waals surface area contributed by atoms with E-state index in [0.717, 1.165) is 19.4 Å². The van der Waals surface area contributed by atoms with E-state index in [1.807, 2.05) is 0 Å². The van der Waals surface area contributed by atoms with Crippen molar-refractivity contribution < 1.29 is 23.7 Å². The van der Waals surface area contributed by atoms with E-state index in [1.54, 1.807) is 33.5 Å². The summed E-state index contributed by atoms with van der Waals surface area (Å²) in [6, 6.07) is 13.3. The van der Waals surface area contributed by atoms with Crippen LogP contribution >= 0.6 is 0 Å². The first-order valence-corrected chi connectivity index (χ1v) is 13.2. The third-order valence-electron chi connectivity index (χ3n) is 10.1. The Morgan fingerprint density at radius 1 is 1.05 bits per heavy atom. The van der Waals surface area contributed by atoms with Gasteiger partial charge in [-0.15, -0.1) is 0 Å². The van der Waals surface area contributed by atoms with Crippen LogP contribution in [0.15, 0.2) is 48.0 Å². The van der Waals surface area contributed by atoms with Crippen LogP contribution in [-0.2, 0) is 10.2 Å². The first-order valence-electron chi connectivity index (χ1n) is 13.2. The van der Waals surface area contributed by atoms with Crippen LogP contribution in [0.25, 0.3) is 0 Å². The molecule has 5 heterocycles. The molecule has 0 N–H and O–H groups in total. The highest BCUT2D eigenvalue weighted by Crippen LogP contribution is 2.68. The Labute approximate surface area is 217 Å². The lowest BCUT2D eigenvalue weighted by atomic mass is 9.65. The highest BCUT2D eigenvalue weighted by molar-refractivity contribution is 5.91. The van der Waals surface area contributed by atoms with Gasteiger partial charge in [-0.3, -0.25) is 4.90 Å². The molecule has 194 valence electrons. The molecular weight excluding hydrogens is 468 g/mol. The van der Waals surface area contributed by atoms with Gasteiger partial charge in [0.1, 0.15) is 6.10 Å². The normalized spacial score (nSPS) is 36.9. The Kier molecular flexibility index (Phi) is 4.91. The van der Waals surface area contributed by atoms with Crippen LogP contribution in [0.5, 0.6) is 17.2 Å². The van der Waals surface area contributed by atoms with Crippen molar-refractivity contribution in [1.29, 1.82) is 0 Å². The molecule has 7 nitrogen and oxygen atoms in total. The molecule has 6 aliphatic rings. The fraction of sp³-hybridized carbons (Fsp3) is 0.500. The van der Waals surface area contributed by atoms with E-state index in [2.05, 4.69) is 54.1 Å². The van der Waals surface area contributed by atoms with Crippen molar-refractivity contribution in [2.75, 3.05) is 39.8 Å². The Balaban J connectivity index is 1.35. The maximum Gasteiger partial charge on any atom is 0.338 e. The number of carbonyl (C=O) groups excluding carboxylic acids is 1. The van der Waals surface area contributed by atoms with Crippen LogP contribution in [-0.4, -0.2) is 70.0 Å². The molecule has 2 aromatic carbocycles. The molecule has 8 atom stereocenters. The van der Waals surface area contributed by atoms with Gasteiger partial charge in [0, 0.05) is 37.3 Å². The van der Waals surface area contributed by atoms with Crippen LogP contribution < -0.4 is 19.1 Å². The number of rotatable bonds is 5. The Hall–Kier alpha value is -3.19. The molecule has 7 heteroatoms. The van der Waals surface area contributed by atoms with E-state index in [-0.39, 0.29) is 29.4 Å². The van der Waals surface area contributed by atoms with Gasteiger partial charge in [-0.25, -0.2) is 4.79 Å². The molecule has 0 aromatic heterocycles. The predicted molar refractivity (Wildman–Crippen MR) is 140 cm³/mol. The summed E-state index contributed by atoms with van der Waals surface area (Å²) in [6.45, 7) is 3.19. The highest BCUT2D eigenvalue weighted by Gasteiger charge is 2.75. The minimum absolute atomic E-state index is 0.212. The summed E-state index contributed by atoms with van der Waals surface area (Å²) in [5, 5.41) is 0. The summed E-state index contributed by atoms with van der Waals surface area (Å²) in [5.74, 6) is 1.75. The van der Waals surface area contributed by atoms with Crippen LogP contribution in [0.4, 0.5) is 5.69 Å². The number of carbonyl (C=O) groups is 1. The second-order valence-corrected chi connectivity index (χ2v) is 11.1. The molecule has 37 heavy (non-hydrogen) atoms. The molecule has 1 spiro atoms. The van der Waals surface area contributed by atoms with Gasteiger partial charge in [0.2, 0.25) is 5.75 Å². The molecule has 5 fully saturated rings. The SMILES string of the molecule is CC=C1CN2[C@H]3C[C@@]45c6ccccc6N(C)[C@H]4[C@@H]2C[C@@H]1C3[C@H]5OC(=O)c1cc(OC)c(OC)c(OC)c1. The van der Waals surface area contributed by atoms with Crippen LogP contribution in [0, 0.1) is 11.8 Å². The Morgan fingerprint density at radius 2 is 1.78 bits per heavy atom. The summed E-state index contributed by atoms with van der Waals surface area (Å²) in [4.78, 5) is 19.1. The lowest BCUT2D eigenvalue weighted by Gasteiger charge is -2.58. The van der Waals surface area contributed by atoms with Gasteiger partial charge in [-0.2, -0.15) is 0 Å². The number of methoxy groups -OCH3 is 3. The topological polar surface area (TPSA) is 60.5 Å². The summed E-state index contributed by atoms with van der Waals surface area (Å²) in [7, 11) is 6.91. The van der Waals surface area contributed by atoms with Crippen LogP contribution in [0.3, 0.4) is 0 Å². The van der Waals surface area contributed by atoms with Gasteiger partial charge >= 0.3 is 5.97 Å². The molecule has 2 aromatic rings. The summed E-state index contributed by atoms with van der Waals surface area (Å²) in [5.41, 5.74) is 4.31. The van der Waals surface area contributed by atoms with Gasteiger partial charge < -0.3 is 23.8 Å². The first kappa shape index (κ1) is 23.0. The van der Waals surface area contributed by atoms with Crippen molar-refractivity contribution in [3.63, 3.8) is 0 Å². The van der Waals surface area contributed by atoms with Crippen molar-refractivity contribution in [3.8, 4) is 17.2 Å². The number of esters is 1. The zero-order valence-corrected chi connectivity index (χ0v) is 22.1. The Bertz CT molecular complexity index is 1300. The van der Waals surface area contributed by atoms with Crippen LogP contribution in [0.2, 0.25) is 0 Å². The molecule has 8 rings (SSSR count). The van der Waals surface area contributed by atoms with E-state index >= 15 is 0 Å². The molecule has 5 aliphatic heterocycles. The summed E-state index contributed by atoms with van der Waals surface area (Å²) in [6.07, 6.45) is 4.24. The molecule has 6 bridgehead atoms. The van der Waals surface area contributed by atoms with Crippen LogP contribution in [0.1, 0.15) is 35.7 Å². The third kappa shape index (κ3) is 2.73. The van der Waals surface area contributed by atoms with Crippen molar-refractivity contribution in [3.05, 3.63) is 59.2 Å². The van der Waals surface area contributed by atoms with E-state index in [1.165, 1.54) is 16.8 Å². The fourth-order valence-corrected chi connectivity index (χ4v) is 8.89. The number of para-hydroxylation sites is 1. The average molecular weight is 503 g/mol. The summed E-state index contributed by atoms with van der Waals surface area (Å²) >= 11 is 0. The number of nitrogens with zero attached hydrogens (tertiary/aromatic N) is 2. The van der Waals surface area contributed by atoms with Gasteiger partial charge in [-0.1, -0.05) is 29.8 Å². The predicted octanol–water partition coefficient (Wildman–Crippen LogP) is 4.05. The largest absolute Gasteiger partial charge is 0.493 e. The molecule has 1 aliphatic carbocycles. The second-order valence-electron chi connectivity index (χ2n) is 11.1. The van der Waals surface area contributed by atoms with Gasteiger partial charge in [-0.05, 0) is 49.4 Å². The minimum Gasteiger partial charge on any atom is -0.493 e. The number of benzene rings is 2. The smallest absolute Gasteiger partial charge is 0.338 e. The van der Waals surface area contributed by atoms with E-state index in [4.69, 9.17) is 18.9 Å². The molecule has 0 amide bonds. The number of piperidine rings is 4. The first-order chi connectivity index (χ1) is 18.0. The average Bonchev–Trinajstić information content (AvgIpc) is 3.34. The molecule has 2 unspecified atom stereocenters.